The Balaban J connectivity index is 2.14. The molecule has 25 heavy (non-hydrogen) atoms. The van der Waals surface area contributed by atoms with E-state index in [2.05, 4.69) is 15.3 Å². The molecule has 2 aromatic heterocycles. The highest BCUT2D eigenvalue weighted by molar-refractivity contribution is 6.08. The highest BCUT2D eigenvalue weighted by Gasteiger charge is 2.22. The van der Waals surface area contributed by atoms with Crippen molar-refractivity contribution >= 4 is 22.8 Å². The maximum absolute atomic E-state index is 12.7. The average Bonchev–Trinajstić information content (AvgIpc) is 2.54. The van der Waals surface area contributed by atoms with Crippen LogP contribution in [0.5, 0.6) is 5.75 Å². The third-order valence-electron chi connectivity index (χ3n) is 3.90. The predicted octanol–water partition coefficient (Wildman–Crippen LogP) is 2.39. The molecule has 0 spiro atoms. The summed E-state index contributed by atoms with van der Waals surface area (Å²) in [5.41, 5.74) is 1.09. The first-order chi connectivity index (χ1) is 11.9. The second-order valence-electron chi connectivity index (χ2n) is 5.72. The molecular formula is C18H18N4O3. The van der Waals surface area contributed by atoms with Gasteiger partial charge in [0.25, 0.3) is 11.5 Å². The smallest absolute Gasteiger partial charge is 0.267 e. The molecule has 0 bridgehead atoms. The van der Waals surface area contributed by atoms with Crippen LogP contribution in [0.4, 0.5) is 5.95 Å². The number of aryl methyl sites for hydroxylation is 3. The van der Waals surface area contributed by atoms with Crippen molar-refractivity contribution in [3.05, 3.63) is 57.6 Å². The lowest BCUT2D eigenvalue weighted by atomic mass is 10.1. The van der Waals surface area contributed by atoms with Gasteiger partial charge in [-0.2, -0.15) is 0 Å². The molecule has 0 aliphatic carbocycles. The van der Waals surface area contributed by atoms with E-state index in [-0.39, 0.29) is 17.3 Å². The monoisotopic (exact) mass is 338 g/mol. The van der Waals surface area contributed by atoms with Crippen LogP contribution in [0.25, 0.3) is 10.9 Å². The van der Waals surface area contributed by atoms with Crippen LogP contribution in [-0.2, 0) is 6.54 Å². The number of rotatable bonds is 3. The van der Waals surface area contributed by atoms with Gasteiger partial charge in [-0.25, -0.2) is 9.97 Å². The lowest BCUT2D eigenvalue weighted by Crippen LogP contribution is -2.30. The fourth-order valence-corrected chi connectivity index (χ4v) is 2.85. The van der Waals surface area contributed by atoms with Crippen molar-refractivity contribution in [1.29, 1.82) is 0 Å². The number of aromatic hydroxyl groups is 1. The number of carbonyl (C=O) groups is 1. The summed E-state index contributed by atoms with van der Waals surface area (Å²) in [7, 11) is 0. The van der Waals surface area contributed by atoms with Crippen LogP contribution < -0.4 is 10.9 Å². The zero-order chi connectivity index (χ0) is 18.1. The number of nitrogens with zero attached hydrogens (tertiary/aromatic N) is 3. The van der Waals surface area contributed by atoms with Gasteiger partial charge in [0.1, 0.15) is 11.3 Å². The summed E-state index contributed by atoms with van der Waals surface area (Å²) < 4.78 is 1.45. The topological polar surface area (TPSA) is 97.1 Å². The molecular weight excluding hydrogens is 320 g/mol. The van der Waals surface area contributed by atoms with E-state index in [9.17, 15) is 14.7 Å². The van der Waals surface area contributed by atoms with Gasteiger partial charge in [0.05, 0.1) is 5.52 Å². The largest absolute Gasteiger partial charge is 0.506 e. The summed E-state index contributed by atoms with van der Waals surface area (Å²) in [6.07, 6.45) is 0. The molecule has 2 N–H and O–H groups in total. The van der Waals surface area contributed by atoms with Gasteiger partial charge in [-0.3, -0.25) is 14.9 Å². The molecule has 0 radical (unpaired) electrons. The van der Waals surface area contributed by atoms with Crippen LogP contribution in [0.15, 0.2) is 35.1 Å². The van der Waals surface area contributed by atoms with Crippen molar-refractivity contribution in [2.75, 3.05) is 5.32 Å². The molecule has 0 aliphatic rings. The molecule has 3 aromatic rings. The van der Waals surface area contributed by atoms with Crippen molar-refractivity contribution in [2.24, 2.45) is 0 Å². The van der Waals surface area contributed by atoms with Crippen LogP contribution in [0, 0.1) is 13.8 Å². The number of hydrogen-bond acceptors (Lipinski definition) is 5. The Labute approximate surface area is 144 Å². The quantitative estimate of drug-likeness (QED) is 0.764. The van der Waals surface area contributed by atoms with Crippen LogP contribution in [0.2, 0.25) is 0 Å². The first kappa shape index (κ1) is 16.6. The molecule has 0 saturated carbocycles. The minimum atomic E-state index is -0.736. The number of nitrogens with one attached hydrogen (secondary N) is 1. The Bertz CT molecular complexity index is 1020. The number of aromatic nitrogens is 3. The summed E-state index contributed by atoms with van der Waals surface area (Å²) in [5, 5.41) is 13.4. The van der Waals surface area contributed by atoms with Gasteiger partial charge in [-0.1, -0.05) is 12.1 Å². The molecule has 2 heterocycles. The van der Waals surface area contributed by atoms with E-state index in [0.717, 1.165) is 0 Å². The number of carbonyl (C=O) groups excluding carboxylic acids is 1. The van der Waals surface area contributed by atoms with E-state index in [1.807, 2.05) is 0 Å². The molecule has 0 unspecified atom stereocenters. The molecule has 128 valence electrons. The minimum absolute atomic E-state index is 0.0949. The van der Waals surface area contributed by atoms with Crippen LogP contribution in [-0.4, -0.2) is 25.5 Å². The lowest BCUT2D eigenvalue weighted by molar-refractivity contribution is 0.102. The standard InChI is InChI=1S/C18H18N4O3/c1-4-22-13-8-6-5-7-12(13)15(23)14(17(22)25)16(24)21-18-19-10(2)9-11(3)20-18/h5-9,23H,4H2,1-3H3,(H,19,20,21,24). The summed E-state index contributed by atoms with van der Waals surface area (Å²) >= 11 is 0. The van der Waals surface area contributed by atoms with Gasteiger partial charge in [0, 0.05) is 23.3 Å². The molecule has 7 heteroatoms. The van der Waals surface area contributed by atoms with Crippen molar-refractivity contribution in [3.63, 3.8) is 0 Å². The lowest BCUT2D eigenvalue weighted by Gasteiger charge is -2.13. The first-order valence-electron chi connectivity index (χ1n) is 7.90. The SMILES string of the molecule is CCn1c(=O)c(C(=O)Nc2nc(C)cc(C)n2)c(O)c2ccccc21. The summed E-state index contributed by atoms with van der Waals surface area (Å²) in [4.78, 5) is 33.6. The Kier molecular flexibility index (Phi) is 4.22. The Morgan fingerprint density at radius 2 is 1.84 bits per heavy atom. The fraction of sp³-hybridized carbons (Fsp3) is 0.222. The molecule has 3 rings (SSSR count). The van der Waals surface area contributed by atoms with E-state index in [1.165, 1.54) is 4.57 Å². The Morgan fingerprint density at radius 3 is 2.48 bits per heavy atom. The molecule has 7 nitrogen and oxygen atoms in total. The van der Waals surface area contributed by atoms with Crippen molar-refractivity contribution < 1.29 is 9.90 Å². The number of benzene rings is 1. The number of fused-ring (bicyclic) bond motifs is 1. The van der Waals surface area contributed by atoms with E-state index in [1.54, 1.807) is 51.1 Å². The molecule has 0 saturated heterocycles. The normalized spacial score (nSPS) is 10.8. The Hall–Kier alpha value is -3.22. The van der Waals surface area contributed by atoms with Gasteiger partial charge in [0.2, 0.25) is 5.95 Å². The van der Waals surface area contributed by atoms with Crippen LogP contribution in [0.3, 0.4) is 0 Å². The molecule has 0 fully saturated rings. The zero-order valence-corrected chi connectivity index (χ0v) is 14.2. The summed E-state index contributed by atoms with van der Waals surface area (Å²) in [6, 6.07) is 8.68. The van der Waals surface area contributed by atoms with Crippen molar-refractivity contribution in [1.82, 2.24) is 14.5 Å². The van der Waals surface area contributed by atoms with Gasteiger partial charge < -0.3 is 9.67 Å². The summed E-state index contributed by atoms with van der Waals surface area (Å²) in [6.45, 7) is 5.74. The van der Waals surface area contributed by atoms with E-state index in [4.69, 9.17) is 0 Å². The second kappa shape index (κ2) is 6.35. The van der Waals surface area contributed by atoms with Gasteiger partial charge in [-0.15, -0.1) is 0 Å². The predicted molar refractivity (Wildman–Crippen MR) is 95.0 cm³/mol. The number of para-hydroxylation sites is 1. The van der Waals surface area contributed by atoms with Gasteiger partial charge in [0.15, 0.2) is 0 Å². The van der Waals surface area contributed by atoms with E-state index in [0.29, 0.717) is 28.8 Å². The highest BCUT2D eigenvalue weighted by atomic mass is 16.3. The fourth-order valence-electron chi connectivity index (χ4n) is 2.85. The van der Waals surface area contributed by atoms with Crippen LogP contribution >= 0.6 is 0 Å². The third-order valence-corrected chi connectivity index (χ3v) is 3.90. The van der Waals surface area contributed by atoms with E-state index >= 15 is 0 Å². The second-order valence-corrected chi connectivity index (χ2v) is 5.72. The minimum Gasteiger partial charge on any atom is -0.506 e. The van der Waals surface area contributed by atoms with E-state index < -0.39 is 11.5 Å². The van der Waals surface area contributed by atoms with Crippen molar-refractivity contribution in [3.8, 4) is 5.75 Å². The number of pyridine rings is 1. The number of amides is 1. The third kappa shape index (κ3) is 2.96. The zero-order valence-electron chi connectivity index (χ0n) is 14.2. The first-order valence-corrected chi connectivity index (χ1v) is 7.90. The van der Waals surface area contributed by atoms with Gasteiger partial charge in [-0.05, 0) is 39.0 Å². The maximum Gasteiger partial charge on any atom is 0.267 e. The number of anilines is 1. The maximum atomic E-state index is 12.7. The van der Waals surface area contributed by atoms with Gasteiger partial charge >= 0.3 is 0 Å². The molecule has 0 atom stereocenters. The highest BCUT2D eigenvalue weighted by Crippen LogP contribution is 2.26. The van der Waals surface area contributed by atoms with Crippen molar-refractivity contribution in [2.45, 2.75) is 27.3 Å². The average molecular weight is 338 g/mol. The number of hydrogen-bond donors (Lipinski definition) is 2. The summed E-state index contributed by atoms with van der Waals surface area (Å²) in [5.74, 6) is -0.981. The van der Waals surface area contributed by atoms with Crippen LogP contribution in [0.1, 0.15) is 28.7 Å². The Morgan fingerprint density at radius 1 is 1.20 bits per heavy atom. The molecule has 1 aromatic carbocycles. The molecule has 1 amide bonds. The molecule has 0 aliphatic heterocycles.